The van der Waals surface area contributed by atoms with E-state index in [4.69, 9.17) is 0 Å². The number of aryl methyl sites for hydroxylation is 2. The van der Waals surface area contributed by atoms with Crippen molar-refractivity contribution in [2.75, 3.05) is 11.2 Å². The van der Waals surface area contributed by atoms with Gasteiger partial charge in [0.2, 0.25) is 0 Å². The molecule has 2 heteroatoms. The Bertz CT molecular complexity index is 809. The fraction of sp³-hybridized carbons (Fsp3) is 0.217. The minimum atomic E-state index is 0.910. The number of nitrogens with zero attached hydrogens (tertiary/aromatic N) is 1. The Hall–Kier alpha value is -2.19. The van der Waals surface area contributed by atoms with E-state index in [0.29, 0.717) is 0 Å². The summed E-state index contributed by atoms with van der Waals surface area (Å²) in [5, 5.41) is 0. The van der Waals surface area contributed by atoms with Crippen LogP contribution in [-0.2, 0) is 13.1 Å². The van der Waals surface area contributed by atoms with E-state index in [-0.39, 0.29) is 0 Å². The molecule has 0 heterocycles. The normalized spacial score (nSPS) is 10.7. The molecule has 0 N–H and O–H groups in total. The molecule has 0 radical (unpaired) electrons. The Morgan fingerprint density at radius 3 is 2.20 bits per heavy atom. The van der Waals surface area contributed by atoms with Gasteiger partial charge in [-0.15, -0.1) is 11.8 Å². The molecule has 0 aliphatic heterocycles. The first-order chi connectivity index (χ1) is 12.2. The fourth-order valence-corrected chi connectivity index (χ4v) is 3.42. The number of hydrogen-bond donors (Lipinski definition) is 0. The highest BCUT2D eigenvalue weighted by molar-refractivity contribution is 7.98. The van der Waals surface area contributed by atoms with Crippen molar-refractivity contribution in [3.8, 4) is 0 Å². The van der Waals surface area contributed by atoms with Gasteiger partial charge in [-0.25, -0.2) is 0 Å². The molecule has 0 aliphatic carbocycles. The van der Waals surface area contributed by atoms with Gasteiger partial charge in [0.05, 0.1) is 0 Å². The monoisotopic (exact) mass is 347 g/mol. The van der Waals surface area contributed by atoms with Gasteiger partial charge in [0, 0.05) is 23.7 Å². The van der Waals surface area contributed by atoms with Gasteiger partial charge < -0.3 is 4.90 Å². The van der Waals surface area contributed by atoms with Gasteiger partial charge in [0.15, 0.2) is 0 Å². The smallest absolute Gasteiger partial charge is 0.0435 e. The summed E-state index contributed by atoms with van der Waals surface area (Å²) in [5.41, 5.74) is 6.66. The number of hydrogen-bond acceptors (Lipinski definition) is 2. The summed E-state index contributed by atoms with van der Waals surface area (Å²) in [4.78, 5) is 3.76. The first-order valence-corrected chi connectivity index (χ1v) is 9.87. The second-order valence-electron chi connectivity index (χ2n) is 6.47. The zero-order valence-corrected chi connectivity index (χ0v) is 16.0. The van der Waals surface area contributed by atoms with Crippen LogP contribution in [0.1, 0.15) is 22.3 Å². The van der Waals surface area contributed by atoms with Crippen molar-refractivity contribution < 1.29 is 0 Å². The van der Waals surface area contributed by atoms with E-state index in [1.165, 1.54) is 32.8 Å². The van der Waals surface area contributed by atoms with Crippen molar-refractivity contribution in [1.82, 2.24) is 0 Å². The molecule has 0 atom stereocenters. The maximum Gasteiger partial charge on any atom is 0.0435 e. The molecular weight excluding hydrogens is 322 g/mol. The lowest BCUT2D eigenvalue weighted by atomic mass is 10.0. The maximum absolute atomic E-state index is 2.46. The molecule has 0 fully saturated rings. The van der Waals surface area contributed by atoms with Gasteiger partial charge >= 0.3 is 0 Å². The fourth-order valence-electron chi connectivity index (χ4n) is 3.01. The average molecular weight is 348 g/mol. The molecule has 0 saturated carbocycles. The minimum absolute atomic E-state index is 0.910. The lowest BCUT2D eigenvalue weighted by molar-refractivity contribution is 0.795. The van der Waals surface area contributed by atoms with Crippen LogP contribution in [0, 0.1) is 13.8 Å². The van der Waals surface area contributed by atoms with Gasteiger partial charge in [-0.2, -0.15) is 0 Å². The summed E-state index contributed by atoms with van der Waals surface area (Å²) < 4.78 is 0. The van der Waals surface area contributed by atoms with Crippen molar-refractivity contribution in [2.24, 2.45) is 0 Å². The van der Waals surface area contributed by atoms with E-state index in [1.807, 2.05) is 0 Å². The van der Waals surface area contributed by atoms with Gasteiger partial charge in [-0.05, 0) is 61.1 Å². The lowest BCUT2D eigenvalue weighted by Crippen LogP contribution is -2.22. The van der Waals surface area contributed by atoms with Gasteiger partial charge in [-0.3, -0.25) is 0 Å². The van der Waals surface area contributed by atoms with Crippen LogP contribution in [0.15, 0.2) is 77.7 Å². The number of thioether (sulfide) groups is 1. The molecule has 3 aromatic rings. The second-order valence-corrected chi connectivity index (χ2v) is 7.35. The zero-order chi connectivity index (χ0) is 17.6. The highest BCUT2D eigenvalue weighted by Crippen LogP contribution is 2.25. The number of rotatable bonds is 6. The van der Waals surface area contributed by atoms with Gasteiger partial charge in [0.1, 0.15) is 0 Å². The molecular formula is C23H25NS. The minimum Gasteiger partial charge on any atom is -0.363 e. The third kappa shape index (κ3) is 4.67. The molecule has 0 unspecified atom stereocenters. The third-order valence-electron chi connectivity index (χ3n) is 4.52. The number of anilines is 1. The SMILES string of the molecule is CSc1ccc(N(Cc2ccccc2)Cc2cc(C)ccc2C)cc1. The molecule has 3 aromatic carbocycles. The molecule has 0 spiro atoms. The van der Waals surface area contributed by atoms with E-state index >= 15 is 0 Å². The van der Waals surface area contributed by atoms with Crippen LogP contribution in [0.2, 0.25) is 0 Å². The Morgan fingerprint density at radius 1 is 0.800 bits per heavy atom. The Labute approximate surface area is 155 Å². The highest BCUT2D eigenvalue weighted by Gasteiger charge is 2.10. The largest absolute Gasteiger partial charge is 0.363 e. The first-order valence-electron chi connectivity index (χ1n) is 8.65. The molecule has 0 aliphatic rings. The predicted molar refractivity (Wildman–Crippen MR) is 110 cm³/mol. The molecule has 0 amide bonds. The first kappa shape index (κ1) is 17.6. The summed E-state index contributed by atoms with van der Waals surface area (Å²) in [5.74, 6) is 0. The molecule has 0 saturated heterocycles. The quantitative estimate of drug-likeness (QED) is 0.486. The van der Waals surface area contributed by atoms with Crippen molar-refractivity contribution in [3.63, 3.8) is 0 Å². The summed E-state index contributed by atoms with van der Waals surface area (Å²) in [7, 11) is 0. The van der Waals surface area contributed by atoms with Crippen LogP contribution < -0.4 is 4.90 Å². The van der Waals surface area contributed by atoms with Gasteiger partial charge in [-0.1, -0.05) is 54.1 Å². The molecule has 1 nitrogen and oxygen atoms in total. The van der Waals surface area contributed by atoms with E-state index in [9.17, 15) is 0 Å². The van der Waals surface area contributed by atoms with Crippen LogP contribution in [0.3, 0.4) is 0 Å². The maximum atomic E-state index is 2.46. The highest BCUT2D eigenvalue weighted by atomic mass is 32.2. The van der Waals surface area contributed by atoms with Gasteiger partial charge in [0.25, 0.3) is 0 Å². The van der Waals surface area contributed by atoms with Crippen molar-refractivity contribution in [2.45, 2.75) is 31.8 Å². The molecule has 128 valence electrons. The second kappa shape index (κ2) is 8.26. The lowest BCUT2D eigenvalue weighted by Gasteiger charge is -2.26. The van der Waals surface area contributed by atoms with Crippen LogP contribution in [-0.4, -0.2) is 6.26 Å². The Balaban J connectivity index is 1.91. The summed E-state index contributed by atoms with van der Waals surface area (Å²) in [6.07, 6.45) is 2.12. The standard InChI is InChI=1S/C23H25NS/c1-18-9-10-19(2)21(15-18)17-24(16-20-7-5-4-6-8-20)22-11-13-23(25-3)14-12-22/h4-15H,16-17H2,1-3H3. The Kier molecular flexibility index (Phi) is 5.83. The zero-order valence-electron chi connectivity index (χ0n) is 15.2. The van der Waals surface area contributed by atoms with Crippen LogP contribution in [0.25, 0.3) is 0 Å². The van der Waals surface area contributed by atoms with Crippen molar-refractivity contribution in [1.29, 1.82) is 0 Å². The molecule has 25 heavy (non-hydrogen) atoms. The van der Waals surface area contributed by atoms with Crippen molar-refractivity contribution >= 4 is 17.4 Å². The van der Waals surface area contributed by atoms with Crippen LogP contribution in [0.5, 0.6) is 0 Å². The number of benzene rings is 3. The average Bonchev–Trinajstić information content (AvgIpc) is 2.65. The summed E-state index contributed by atoms with van der Waals surface area (Å²) in [6, 6.07) is 26.3. The molecule has 0 aromatic heterocycles. The molecule has 0 bridgehead atoms. The van der Waals surface area contributed by atoms with E-state index in [1.54, 1.807) is 11.8 Å². The predicted octanol–water partition coefficient (Wildman–Crippen LogP) is 6.23. The summed E-state index contributed by atoms with van der Waals surface area (Å²) in [6.45, 7) is 6.19. The van der Waals surface area contributed by atoms with E-state index in [0.717, 1.165) is 13.1 Å². The third-order valence-corrected chi connectivity index (χ3v) is 5.26. The van der Waals surface area contributed by atoms with E-state index < -0.39 is 0 Å². The molecule has 3 rings (SSSR count). The Morgan fingerprint density at radius 2 is 1.52 bits per heavy atom. The van der Waals surface area contributed by atoms with Crippen LogP contribution in [0.4, 0.5) is 5.69 Å². The topological polar surface area (TPSA) is 3.24 Å². The van der Waals surface area contributed by atoms with Crippen molar-refractivity contribution in [3.05, 3.63) is 95.1 Å². The van der Waals surface area contributed by atoms with Crippen LogP contribution >= 0.6 is 11.8 Å². The van der Waals surface area contributed by atoms with E-state index in [2.05, 4.69) is 97.8 Å². The summed E-state index contributed by atoms with van der Waals surface area (Å²) >= 11 is 1.78.